The van der Waals surface area contributed by atoms with Gasteiger partial charge in [0.2, 0.25) is 5.89 Å². The van der Waals surface area contributed by atoms with Gasteiger partial charge in [-0.15, -0.1) is 0 Å². The van der Waals surface area contributed by atoms with E-state index in [1.54, 1.807) is 6.92 Å². The van der Waals surface area contributed by atoms with Crippen LogP contribution in [0.3, 0.4) is 0 Å². The molecule has 2 aromatic heterocycles. The molecule has 2 heterocycles. The van der Waals surface area contributed by atoms with Crippen molar-refractivity contribution >= 4 is 0 Å². The third-order valence-electron chi connectivity index (χ3n) is 2.36. The van der Waals surface area contributed by atoms with Crippen LogP contribution in [0.15, 0.2) is 9.05 Å². The summed E-state index contributed by atoms with van der Waals surface area (Å²) in [6.45, 7) is 5.66. The lowest BCUT2D eigenvalue weighted by Crippen LogP contribution is -1.94. The fourth-order valence-electron chi connectivity index (χ4n) is 1.40. The normalized spacial score (nSPS) is 10.8. The largest absolute Gasteiger partial charge is 0.360 e. The zero-order valence-corrected chi connectivity index (χ0v) is 9.89. The number of aryl methyl sites for hydroxylation is 1. The molecule has 0 amide bonds. The van der Waals surface area contributed by atoms with Crippen molar-refractivity contribution in [3.8, 4) is 6.07 Å². The van der Waals surface area contributed by atoms with Crippen LogP contribution in [0, 0.1) is 18.3 Å². The number of hydrogen-bond donors (Lipinski definition) is 0. The molecule has 0 saturated carbocycles. The number of nitrogens with zero attached hydrogens (tertiary/aromatic N) is 4. The minimum absolute atomic E-state index is 0.210. The molecular formula is C11H12N4O2. The van der Waals surface area contributed by atoms with Crippen molar-refractivity contribution in [2.24, 2.45) is 0 Å². The molecule has 0 spiro atoms. The van der Waals surface area contributed by atoms with E-state index in [0.717, 1.165) is 0 Å². The predicted molar refractivity (Wildman–Crippen MR) is 57.1 cm³/mol. The molecule has 2 aromatic rings. The van der Waals surface area contributed by atoms with E-state index in [9.17, 15) is 0 Å². The highest BCUT2D eigenvalue weighted by molar-refractivity contribution is 5.36. The number of nitriles is 1. The summed E-state index contributed by atoms with van der Waals surface area (Å²) in [5.74, 6) is 1.81. The smallest absolute Gasteiger partial charge is 0.232 e. The van der Waals surface area contributed by atoms with Crippen LogP contribution in [-0.2, 0) is 6.42 Å². The minimum Gasteiger partial charge on any atom is -0.360 e. The third-order valence-corrected chi connectivity index (χ3v) is 2.36. The van der Waals surface area contributed by atoms with Crippen molar-refractivity contribution in [2.75, 3.05) is 0 Å². The van der Waals surface area contributed by atoms with E-state index in [4.69, 9.17) is 14.3 Å². The summed E-state index contributed by atoms with van der Waals surface area (Å²) in [5.41, 5.74) is 0.971. The van der Waals surface area contributed by atoms with E-state index in [1.165, 1.54) is 0 Å². The molecule has 0 radical (unpaired) electrons. The van der Waals surface area contributed by atoms with Crippen molar-refractivity contribution < 1.29 is 9.05 Å². The first-order chi connectivity index (χ1) is 8.11. The van der Waals surface area contributed by atoms with Gasteiger partial charge in [0, 0.05) is 5.92 Å². The van der Waals surface area contributed by atoms with Gasteiger partial charge >= 0.3 is 0 Å². The van der Waals surface area contributed by atoms with Crippen LogP contribution in [0.5, 0.6) is 0 Å². The Morgan fingerprint density at radius 2 is 2.06 bits per heavy atom. The molecule has 0 unspecified atom stereocenters. The third kappa shape index (κ3) is 2.18. The maximum Gasteiger partial charge on any atom is 0.232 e. The second-order valence-corrected chi connectivity index (χ2v) is 4.05. The first-order valence-corrected chi connectivity index (χ1v) is 5.29. The van der Waals surface area contributed by atoms with Gasteiger partial charge < -0.3 is 9.05 Å². The van der Waals surface area contributed by atoms with E-state index in [1.807, 2.05) is 19.9 Å². The fourth-order valence-corrected chi connectivity index (χ4v) is 1.40. The Kier molecular flexibility index (Phi) is 2.91. The topological polar surface area (TPSA) is 88.7 Å². The van der Waals surface area contributed by atoms with Gasteiger partial charge in [-0.3, -0.25) is 0 Å². The zero-order valence-electron chi connectivity index (χ0n) is 9.89. The highest BCUT2D eigenvalue weighted by Gasteiger charge is 2.17. The van der Waals surface area contributed by atoms with Crippen molar-refractivity contribution in [3.63, 3.8) is 0 Å². The van der Waals surface area contributed by atoms with Gasteiger partial charge in [0.05, 0.1) is 6.42 Å². The fraction of sp³-hybridized carbons (Fsp3) is 0.455. The summed E-state index contributed by atoms with van der Waals surface area (Å²) in [6, 6.07) is 2.05. The lowest BCUT2D eigenvalue weighted by atomic mass is 10.1. The molecule has 0 aliphatic heterocycles. The van der Waals surface area contributed by atoms with Gasteiger partial charge in [-0.1, -0.05) is 24.2 Å². The predicted octanol–water partition coefficient (Wildman–Crippen LogP) is 1.95. The van der Waals surface area contributed by atoms with Gasteiger partial charge in [-0.2, -0.15) is 10.2 Å². The van der Waals surface area contributed by atoms with E-state index in [-0.39, 0.29) is 5.92 Å². The second kappa shape index (κ2) is 4.37. The van der Waals surface area contributed by atoms with Gasteiger partial charge in [-0.05, 0) is 6.92 Å². The summed E-state index contributed by atoms with van der Waals surface area (Å²) in [7, 11) is 0. The Balaban J connectivity index is 2.23. The van der Waals surface area contributed by atoms with Gasteiger partial charge in [0.15, 0.2) is 11.6 Å². The number of hydrogen-bond acceptors (Lipinski definition) is 6. The lowest BCUT2D eigenvalue weighted by Gasteiger charge is -1.92. The molecule has 6 nitrogen and oxygen atoms in total. The van der Waals surface area contributed by atoms with E-state index < -0.39 is 0 Å². The molecule has 0 aliphatic rings. The highest BCUT2D eigenvalue weighted by Crippen LogP contribution is 2.16. The van der Waals surface area contributed by atoms with Gasteiger partial charge in [0.1, 0.15) is 17.3 Å². The molecule has 0 atom stereocenters. The SMILES string of the molecule is Cc1onc(Cc2nc(C(C)C)no2)c1C#N. The van der Waals surface area contributed by atoms with Crippen molar-refractivity contribution in [1.82, 2.24) is 15.3 Å². The summed E-state index contributed by atoms with van der Waals surface area (Å²) in [5, 5.41) is 16.6. The monoisotopic (exact) mass is 232 g/mol. The van der Waals surface area contributed by atoms with Crippen LogP contribution >= 0.6 is 0 Å². The molecule has 0 bridgehead atoms. The van der Waals surface area contributed by atoms with Crippen molar-refractivity contribution in [2.45, 2.75) is 33.1 Å². The molecule has 0 aliphatic carbocycles. The second-order valence-electron chi connectivity index (χ2n) is 4.05. The van der Waals surface area contributed by atoms with Crippen LogP contribution < -0.4 is 0 Å². The standard InChI is InChI=1S/C11H12N4O2/c1-6(2)11-13-10(17-15-11)4-9-8(5-12)7(3)16-14-9/h6H,4H2,1-3H3. The molecule has 2 rings (SSSR count). The van der Waals surface area contributed by atoms with E-state index in [0.29, 0.717) is 35.2 Å². The number of aromatic nitrogens is 3. The summed E-state index contributed by atoms with van der Waals surface area (Å²) < 4.78 is 10.0. The van der Waals surface area contributed by atoms with E-state index in [2.05, 4.69) is 15.3 Å². The summed E-state index contributed by atoms with van der Waals surface area (Å²) >= 11 is 0. The van der Waals surface area contributed by atoms with Crippen LogP contribution in [0.1, 0.15) is 48.5 Å². The Morgan fingerprint density at radius 1 is 1.29 bits per heavy atom. The molecule has 88 valence electrons. The van der Waals surface area contributed by atoms with Crippen LogP contribution in [0.2, 0.25) is 0 Å². The zero-order chi connectivity index (χ0) is 12.4. The summed E-state index contributed by atoms with van der Waals surface area (Å²) in [4.78, 5) is 4.22. The maximum absolute atomic E-state index is 8.94. The lowest BCUT2D eigenvalue weighted by molar-refractivity contribution is 0.367. The molecule has 6 heteroatoms. The minimum atomic E-state index is 0.210. The molecule has 0 saturated heterocycles. The van der Waals surface area contributed by atoms with Crippen LogP contribution in [0.4, 0.5) is 0 Å². The molecular weight excluding hydrogens is 220 g/mol. The van der Waals surface area contributed by atoms with Crippen LogP contribution in [0.25, 0.3) is 0 Å². The first-order valence-electron chi connectivity index (χ1n) is 5.29. The molecule has 0 aromatic carbocycles. The van der Waals surface area contributed by atoms with Crippen molar-refractivity contribution in [3.05, 3.63) is 28.7 Å². The number of rotatable bonds is 3. The highest BCUT2D eigenvalue weighted by atomic mass is 16.5. The quantitative estimate of drug-likeness (QED) is 0.803. The molecule has 17 heavy (non-hydrogen) atoms. The maximum atomic E-state index is 8.94. The first kappa shape index (κ1) is 11.3. The average Bonchev–Trinajstić information content (AvgIpc) is 2.87. The Bertz CT molecular complexity index is 562. The summed E-state index contributed by atoms with van der Waals surface area (Å²) in [6.07, 6.45) is 0.319. The van der Waals surface area contributed by atoms with Gasteiger partial charge in [-0.25, -0.2) is 0 Å². The molecule has 0 N–H and O–H groups in total. The molecule has 0 fully saturated rings. The Hall–Kier alpha value is -2.16. The van der Waals surface area contributed by atoms with Gasteiger partial charge in [0.25, 0.3) is 0 Å². The van der Waals surface area contributed by atoms with E-state index >= 15 is 0 Å². The van der Waals surface area contributed by atoms with Crippen molar-refractivity contribution in [1.29, 1.82) is 5.26 Å². The average molecular weight is 232 g/mol. The Labute approximate surface area is 98.2 Å². The van der Waals surface area contributed by atoms with Crippen LogP contribution in [-0.4, -0.2) is 15.3 Å². The Morgan fingerprint density at radius 3 is 2.65 bits per heavy atom.